The first-order valence-corrected chi connectivity index (χ1v) is 17.2. The molecule has 1 aliphatic rings. The summed E-state index contributed by atoms with van der Waals surface area (Å²) in [5.74, 6) is -0.103. The third-order valence-electron chi connectivity index (χ3n) is 8.15. The molecule has 4 aromatic rings. The summed E-state index contributed by atoms with van der Waals surface area (Å²) in [5, 5.41) is 6.20. The van der Waals surface area contributed by atoms with Crippen LogP contribution in [0, 0.1) is 0 Å². The number of carbonyl (C=O) groups excluding carboxylic acids is 4. The summed E-state index contributed by atoms with van der Waals surface area (Å²) in [6.07, 6.45) is -0.391. The van der Waals surface area contributed by atoms with E-state index in [1.807, 2.05) is 43.3 Å². The largest absolute Gasteiger partial charge is 0.491 e. The van der Waals surface area contributed by atoms with Crippen LogP contribution in [0.1, 0.15) is 36.2 Å². The van der Waals surface area contributed by atoms with Gasteiger partial charge in [-0.25, -0.2) is 0 Å². The van der Waals surface area contributed by atoms with Crippen LogP contribution in [0.25, 0.3) is 0 Å². The maximum absolute atomic E-state index is 14.0. The zero-order chi connectivity index (χ0) is 36.2. The third-order valence-corrected chi connectivity index (χ3v) is 8.40. The van der Waals surface area contributed by atoms with Gasteiger partial charge in [0.05, 0.1) is 24.6 Å². The number of nitrogens with one attached hydrogen (secondary N) is 2. The number of para-hydroxylation sites is 3. The molecule has 5 rings (SSSR count). The van der Waals surface area contributed by atoms with Crippen molar-refractivity contribution in [3.63, 3.8) is 0 Å². The summed E-state index contributed by atoms with van der Waals surface area (Å²) in [7, 11) is 0. The van der Waals surface area contributed by atoms with Gasteiger partial charge in [-0.15, -0.1) is 0 Å². The van der Waals surface area contributed by atoms with E-state index in [0.29, 0.717) is 34.6 Å². The average Bonchev–Trinajstić information content (AvgIpc) is 3.13. The number of hydrogen-bond donors (Lipinski definition) is 2. The minimum atomic E-state index is -1.28. The van der Waals surface area contributed by atoms with Crippen LogP contribution in [0.2, 0.25) is 5.02 Å². The van der Waals surface area contributed by atoms with Gasteiger partial charge in [0.2, 0.25) is 17.7 Å². The zero-order valence-electron chi connectivity index (χ0n) is 28.5. The fourth-order valence-corrected chi connectivity index (χ4v) is 5.56. The fourth-order valence-electron chi connectivity index (χ4n) is 5.44. The van der Waals surface area contributed by atoms with Gasteiger partial charge >= 0.3 is 0 Å². The van der Waals surface area contributed by atoms with Crippen LogP contribution in [0.4, 0.5) is 0 Å². The van der Waals surface area contributed by atoms with E-state index >= 15 is 0 Å². The van der Waals surface area contributed by atoms with E-state index in [9.17, 15) is 19.2 Å². The summed E-state index contributed by atoms with van der Waals surface area (Å²) < 4.78 is 18.0. The number of amides is 4. The number of ether oxygens (including phenoxy) is 3. The Balaban J connectivity index is 1.34. The Morgan fingerprint density at radius 3 is 2.33 bits per heavy atom. The van der Waals surface area contributed by atoms with E-state index in [-0.39, 0.29) is 44.3 Å². The first kappa shape index (κ1) is 36.7. The summed E-state index contributed by atoms with van der Waals surface area (Å²) in [6.45, 7) is 4.39. The zero-order valence-corrected chi connectivity index (χ0v) is 29.3. The molecule has 0 radical (unpaired) electrons. The molecule has 12 heteroatoms. The summed E-state index contributed by atoms with van der Waals surface area (Å²) in [4.78, 5) is 57.9. The lowest BCUT2D eigenvalue weighted by Crippen LogP contribution is -2.53. The highest BCUT2D eigenvalue weighted by Crippen LogP contribution is 2.32. The molecule has 1 aliphatic heterocycles. The van der Waals surface area contributed by atoms with Crippen molar-refractivity contribution in [1.82, 2.24) is 20.4 Å². The molecule has 0 unspecified atom stereocenters. The second-order valence-corrected chi connectivity index (χ2v) is 12.4. The Kier molecular flexibility index (Phi) is 12.9. The number of benzene rings is 4. The highest BCUT2D eigenvalue weighted by Gasteiger charge is 2.30. The van der Waals surface area contributed by atoms with Crippen LogP contribution < -0.4 is 24.8 Å². The smallest absolute Gasteiger partial charge is 0.255 e. The van der Waals surface area contributed by atoms with Crippen molar-refractivity contribution in [2.75, 3.05) is 32.8 Å². The Labute approximate surface area is 302 Å². The molecule has 11 nitrogen and oxygen atoms in total. The van der Waals surface area contributed by atoms with Crippen LogP contribution in [0.5, 0.6) is 23.0 Å². The molecule has 4 aromatic carbocycles. The molecule has 0 saturated carbocycles. The van der Waals surface area contributed by atoms with Gasteiger partial charge in [-0.1, -0.05) is 66.2 Å². The average molecular weight is 713 g/mol. The van der Waals surface area contributed by atoms with E-state index < -0.39 is 36.2 Å². The predicted molar refractivity (Wildman–Crippen MR) is 193 cm³/mol. The lowest BCUT2D eigenvalue weighted by Gasteiger charge is -2.29. The van der Waals surface area contributed by atoms with Crippen LogP contribution in [0.3, 0.4) is 0 Å². The van der Waals surface area contributed by atoms with Crippen molar-refractivity contribution in [2.45, 2.75) is 38.9 Å². The van der Waals surface area contributed by atoms with Crippen molar-refractivity contribution >= 4 is 35.2 Å². The van der Waals surface area contributed by atoms with Gasteiger partial charge in [-0.05, 0) is 67.9 Å². The molecule has 0 saturated heterocycles. The van der Waals surface area contributed by atoms with Gasteiger partial charge in [0.25, 0.3) is 5.91 Å². The Hall–Kier alpha value is -5.55. The Bertz CT molecular complexity index is 1810. The molecule has 0 fully saturated rings. The fraction of sp³-hybridized carbons (Fsp3) is 0.282. The number of rotatable bonds is 10. The minimum Gasteiger partial charge on any atom is -0.491 e. The lowest BCUT2D eigenvalue weighted by molar-refractivity contribution is -0.142. The molecular weight excluding hydrogens is 672 g/mol. The molecule has 0 bridgehead atoms. The van der Waals surface area contributed by atoms with Gasteiger partial charge in [0, 0.05) is 18.1 Å². The molecule has 1 heterocycles. The van der Waals surface area contributed by atoms with Crippen LogP contribution in [-0.2, 0) is 20.9 Å². The second-order valence-electron chi connectivity index (χ2n) is 12.0. The lowest BCUT2D eigenvalue weighted by atomic mass is 10.1. The highest BCUT2D eigenvalue weighted by molar-refractivity contribution is 6.30. The molecule has 0 spiro atoms. The maximum Gasteiger partial charge on any atom is 0.255 e. The summed E-state index contributed by atoms with van der Waals surface area (Å²) in [6, 6.07) is 28.1. The van der Waals surface area contributed by atoms with Crippen molar-refractivity contribution in [3.8, 4) is 23.0 Å². The summed E-state index contributed by atoms with van der Waals surface area (Å²) in [5.41, 5.74) is 1.01. The molecule has 2 atom stereocenters. The molecule has 266 valence electrons. The topological polar surface area (TPSA) is 127 Å². The minimum absolute atomic E-state index is 0.0551. The molecule has 0 aliphatic carbocycles. The standard InChI is InChI=1S/C39H41ClN4O7/c1-3-43-21-22-49-33-14-8-7-13-31(33)38(47)42-32(23-36(45)44(25-37(43)46)24-28-11-5-4-6-12-28)39(48)41-27(2)26-50-34-15-9-10-16-35(34)51-30-19-17-29(40)18-20-30/h4-20,27,32H,3,21-26H2,1-2H3,(H,41,48)(H,42,47)/t27-,32+/m1/s1. The Morgan fingerprint density at radius 1 is 0.902 bits per heavy atom. The predicted octanol–water partition coefficient (Wildman–Crippen LogP) is 5.47. The SMILES string of the molecule is CCN1CCOc2ccccc2C(=O)N[C@H](C(=O)N[C@H](C)COc2ccccc2Oc2ccc(Cl)cc2)CC(=O)N(Cc2ccccc2)CC1=O. The van der Waals surface area contributed by atoms with Gasteiger partial charge in [-0.2, -0.15) is 0 Å². The molecule has 51 heavy (non-hydrogen) atoms. The first-order valence-electron chi connectivity index (χ1n) is 16.8. The molecule has 0 aromatic heterocycles. The quantitative estimate of drug-likeness (QED) is 0.223. The van der Waals surface area contributed by atoms with Gasteiger partial charge < -0.3 is 34.6 Å². The maximum atomic E-state index is 14.0. The van der Waals surface area contributed by atoms with E-state index in [1.54, 1.807) is 78.6 Å². The normalized spacial score (nSPS) is 16.2. The van der Waals surface area contributed by atoms with Crippen molar-refractivity contribution < 1.29 is 33.4 Å². The number of likely N-dealkylation sites (N-methyl/N-ethyl adjacent to an activating group) is 1. The number of nitrogens with zero attached hydrogens (tertiary/aromatic N) is 2. The van der Waals surface area contributed by atoms with Crippen LogP contribution in [-0.4, -0.2) is 78.4 Å². The van der Waals surface area contributed by atoms with Gasteiger partial charge in [0.1, 0.15) is 37.3 Å². The van der Waals surface area contributed by atoms with Gasteiger partial charge in [0.15, 0.2) is 11.5 Å². The highest BCUT2D eigenvalue weighted by atomic mass is 35.5. The van der Waals surface area contributed by atoms with E-state index in [0.717, 1.165) is 5.56 Å². The number of halogens is 1. The van der Waals surface area contributed by atoms with Crippen molar-refractivity contribution in [3.05, 3.63) is 119 Å². The van der Waals surface area contributed by atoms with Crippen LogP contribution in [0.15, 0.2) is 103 Å². The third kappa shape index (κ3) is 10.5. The van der Waals surface area contributed by atoms with Crippen molar-refractivity contribution in [1.29, 1.82) is 0 Å². The van der Waals surface area contributed by atoms with E-state index in [4.69, 9.17) is 25.8 Å². The number of fused-ring (bicyclic) bond motifs is 1. The molecular formula is C39H41ClN4O7. The monoisotopic (exact) mass is 712 g/mol. The second kappa shape index (κ2) is 17.9. The Morgan fingerprint density at radius 2 is 1.59 bits per heavy atom. The first-order chi connectivity index (χ1) is 24.7. The van der Waals surface area contributed by atoms with Crippen molar-refractivity contribution in [2.24, 2.45) is 0 Å². The van der Waals surface area contributed by atoms with E-state index in [1.165, 1.54) is 4.90 Å². The number of carbonyl (C=O) groups is 4. The molecule has 4 amide bonds. The van der Waals surface area contributed by atoms with E-state index in [2.05, 4.69) is 10.6 Å². The van der Waals surface area contributed by atoms with Crippen LogP contribution >= 0.6 is 11.6 Å². The molecule has 2 N–H and O–H groups in total. The summed E-state index contributed by atoms with van der Waals surface area (Å²) >= 11 is 6.00. The van der Waals surface area contributed by atoms with Gasteiger partial charge in [-0.3, -0.25) is 19.2 Å². The number of hydrogen-bond acceptors (Lipinski definition) is 7.